The molecule has 1 aromatic carbocycles. The van der Waals surface area contributed by atoms with Crippen molar-refractivity contribution in [3.63, 3.8) is 0 Å². The Bertz CT molecular complexity index is 614. The summed E-state index contributed by atoms with van der Waals surface area (Å²) in [4.78, 5) is 19.4. The lowest BCUT2D eigenvalue weighted by molar-refractivity contribution is 0.112. The Morgan fingerprint density at radius 2 is 2.11 bits per heavy atom. The second kappa shape index (κ2) is 5.93. The van der Waals surface area contributed by atoms with E-state index in [2.05, 4.69) is 25.9 Å². The maximum Gasteiger partial charge on any atom is 0.222 e. The molecule has 0 spiro atoms. The molecule has 0 saturated heterocycles. The molecule has 0 fully saturated rings. The van der Waals surface area contributed by atoms with Crippen molar-refractivity contribution >= 4 is 22.2 Å². The third kappa shape index (κ3) is 3.38. The van der Waals surface area contributed by atoms with Crippen molar-refractivity contribution in [2.24, 2.45) is 0 Å². The topological polar surface area (TPSA) is 52.1 Å². The molecular formula is C14H13BrN2O2. The van der Waals surface area contributed by atoms with Gasteiger partial charge in [-0.2, -0.15) is 4.98 Å². The number of rotatable bonds is 4. The van der Waals surface area contributed by atoms with Crippen molar-refractivity contribution in [3.8, 4) is 11.6 Å². The van der Waals surface area contributed by atoms with Gasteiger partial charge in [-0.1, -0.05) is 22.9 Å². The van der Waals surface area contributed by atoms with Gasteiger partial charge in [0.15, 0.2) is 6.29 Å². The zero-order valence-corrected chi connectivity index (χ0v) is 12.3. The molecule has 5 heteroatoms. The number of benzene rings is 1. The van der Waals surface area contributed by atoms with Crippen molar-refractivity contribution in [3.05, 3.63) is 45.8 Å². The smallest absolute Gasteiger partial charge is 0.222 e. The molecule has 0 N–H and O–H groups in total. The molecule has 0 aliphatic carbocycles. The number of hydrogen-bond donors (Lipinski definition) is 0. The van der Waals surface area contributed by atoms with E-state index >= 15 is 0 Å². The fraction of sp³-hybridized carbons (Fsp3) is 0.214. The Kier molecular flexibility index (Phi) is 4.27. The molecule has 0 bridgehead atoms. The lowest BCUT2D eigenvalue weighted by Crippen LogP contribution is -1.97. The number of aryl methyl sites for hydroxylation is 2. The lowest BCUT2D eigenvalue weighted by atomic mass is 10.2. The van der Waals surface area contributed by atoms with Gasteiger partial charge in [0.25, 0.3) is 0 Å². The highest BCUT2D eigenvalue weighted by molar-refractivity contribution is 9.10. The summed E-state index contributed by atoms with van der Waals surface area (Å²) < 4.78 is 6.41. The second-order valence-electron chi connectivity index (χ2n) is 4.00. The molecule has 0 radical (unpaired) electrons. The van der Waals surface area contributed by atoms with E-state index in [1.54, 1.807) is 24.3 Å². The molecule has 0 amide bonds. The molecule has 19 heavy (non-hydrogen) atoms. The van der Waals surface area contributed by atoms with Gasteiger partial charge in [0.05, 0.1) is 0 Å². The predicted octanol–water partition coefficient (Wildman–Crippen LogP) is 3.71. The molecule has 0 aliphatic heterocycles. The van der Waals surface area contributed by atoms with E-state index in [4.69, 9.17) is 4.74 Å². The number of aromatic nitrogens is 2. The first kappa shape index (κ1) is 13.7. The van der Waals surface area contributed by atoms with E-state index in [1.165, 1.54) is 0 Å². The first-order valence-electron chi connectivity index (χ1n) is 5.89. The van der Waals surface area contributed by atoms with E-state index in [0.717, 1.165) is 22.9 Å². The van der Waals surface area contributed by atoms with E-state index in [-0.39, 0.29) is 0 Å². The summed E-state index contributed by atoms with van der Waals surface area (Å²) in [5.74, 6) is 1.73. The highest BCUT2D eigenvalue weighted by atomic mass is 79.9. The van der Waals surface area contributed by atoms with Crippen LogP contribution in [0.5, 0.6) is 11.6 Å². The molecule has 4 nitrogen and oxygen atoms in total. The van der Waals surface area contributed by atoms with Crippen LogP contribution in [0.1, 0.15) is 28.8 Å². The summed E-state index contributed by atoms with van der Waals surface area (Å²) in [7, 11) is 0. The van der Waals surface area contributed by atoms with Gasteiger partial charge >= 0.3 is 0 Å². The fourth-order valence-electron chi connectivity index (χ4n) is 1.63. The Morgan fingerprint density at radius 1 is 1.32 bits per heavy atom. The Morgan fingerprint density at radius 3 is 2.79 bits per heavy atom. The SMILES string of the molecule is CCc1cc(Oc2ccc(Br)c(C=O)c2)nc(C)n1. The van der Waals surface area contributed by atoms with Crippen LogP contribution in [0.15, 0.2) is 28.7 Å². The van der Waals surface area contributed by atoms with Gasteiger partial charge in [0, 0.05) is 21.8 Å². The summed E-state index contributed by atoms with van der Waals surface area (Å²) >= 11 is 3.30. The van der Waals surface area contributed by atoms with Crippen molar-refractivity contribution in [1.29, 1.82) is 0 Å². The van der Waals surface area contributed by atoms with Crippen molar-refractivity contribution in [2.75, 3.05) is 0 Å². The van der Waals surface area contributed by atoms with Crippen LogP contribution in [0, 0.1) is 6.92 Å². The molecule has 1 aromatic heterocycles. The summed E-state index contributed by atoms with van der Waals surface area (Å²) in [5, 5.41) is 0. The number of halogens is 1. The summed E-state index contributed by atoms with van der Waals surface area (Å²) in [5.41, 5.74) is 1.47. The van der Waals surface area contributed by atoms with Gasteiger partial charge in [0.2, 0.25) is 5.88 Å². The van der Waals surface area contributed by atoms with E-state index in [9.17, 15) is 4.79 Å². The number of hydrogen-bond acceptors (Lipinski definition) is 4. The first-order chi connectivity index (χ1) is 9.12. The maximum atomic E-state index is 10.9. The van der Waals surface area contributed by atoms with Crippen molar-refractivity contribution in [1.82, 2.24) is 9.97 Å². The van der Waals surface area contributed by atoms with Crippen LogP contribution in [0.3, 0.4) is 0 Å². The summed E-state index contributed by atoms with van der Waals surface area (Å²) in [6.07, 6.45) is 1.60. The van der Waals surface area contributed by atoms with Gasteiger partial charge in [-0.15, -0.1) is 0 Å². The number of carbonyl (C=O) groups excluding carboxylic acids is 1. The minimum atomic E-state index is 0.489. The average Bonchev–Trinajstić information content (AvgIpc) is 2.40. The van der Waals surface area contributed by atoms with Crippen LogP contribution in [0.4, 0.5) is 0 Å². The van der Waals surface area contributed by atoms with Crippen LogP contribution in [-0.2, 0) is 6.42 Å². The third-order valence-corrected chi connectivity index (χ3v) is 3.27. The minimum absolute atomic E-state index is 0.489. The molecular weight excluding hydrogens is 308 g/mol. The Balaban J connectivity index is 2.30. The highest BCUT2D eigenvalue weighted by Gasteiger charge is 2.06. The largest absolute Gasteiger partial charge is 0.439 e. The fourth-order valence-corrected chi connectivity index (χ4v) is 1.97. The zero-order valence-electron chi connectivity index (χ0n) is 10.7. The molecule has 0 saturated carbocycles. The molecule has 0 aliphatic rings. The monoisotopic (exact) mass is 320 g/mol. The first-order valence-corrected chi connectivity index (χ1v) is 6.69. The number of nitrogens with zero attached hydrogens (tertiary/aromatic N) is 2. The molecule has 98 valence electrons. The van der Waals surface area contributed by atoms with Crippen LogP contribution in [0.25, 0.3) is 0 Å². The van der Waals surface area contributed by atoms with Gasteiger partial charge in [-0.05, 0) is 31.5 Å². The quantitative estimate of drug-likeness (QED) is 0.806. The number of carbonyl (C=O) groups is 1. The minimum Gasteiger partial charge on any atom is -0.439 e. The molecule has 1 heterocycles. The standard InChI is InChI=1S/C14H13BrN2O2/c1-3-11-7-14(17-9(2)16-11)19-12-4-5-13(15)10(6-12)8-18/h4-8H,3H2,1-2H3. The average molecular weight is 321 g/mol. The maximum absolute atomic E-state index is 10.9. The normalized spacial score (nSPS) is 10.3. The van der Waals surface area contributed by atoms with Crippen LogP contribution >= 0.6 is 15.9 Å². The molecule has 2 aromatic rings. The van der Waals surface area contributed by atoms with Crippen LogP contribution in [-0.4, -0.2) is 16.3 Å². The molecule has 2 rings (SSSR count). The van der Waals surface area contributed by atoms with E-state index in [1.807, 2.05) is 13.8 Å². The highest BCUT2D eigenvalue weighted by Crippen LogP contribution is 2.25. The Labute approximate surface area is 120 Å². The van der Waals surface area contributed by atoms with Crippen LogP contribution < -0.4 is 4.74 Å². The van der Waals surface area contributed by atoms with E-state index in [0.29, 0.717) is 23.0 Å². The van der Waals surface area contributed by atoms with Gasteiger partial charge in [-0.3, -0.25) is 4.79 Å². The third-order valence-electron chi connectivity index (χ3n) is 2.55. The molecule has 0 unspecified atom stereocenters. The number of ether oxygens (including phenoxy) is 1. The number of aldehydes is 1. The van der Waals surface area contributed by atoms with Gasteiger partial charge in [0.1, 0.15) is 11.6 Å². The predicted molar refractivity (Wildman–Crippen MR) is 75.8 cm³/mol. The van der Waals surface area contributed by atoms with Crippen LogP contribution in [0.2, 0.25) is 0 Å². The molecule has 0 atom stereocenters. The van der Waals surface area contributed by atoms with Crippen molar-refractivity contribution < 1.29 is 9.53 Å². The van der Waals surface area contributed by atoms with E-state index < -0.39 is 0 Å². The van der Waals surface area contributed by atoms with Gasteiger partial charge < -0.3 is 4.74 Å². The lowest BCUT2D eigenvalue weighted by Gasteiger charge is -2.08. The van der Waals surface area contributed by atoms with Crippen molar-refractivity contribution in [2.45, 2.75) is 20.3 Å². The van der Waals surface area contributed by atoms with Gasteiger partial charge in [-0.25, -0.2) is 4.98 Å². The summed E-state index contributed by atoms with van der Waals surface area (Å²) in [6, 6.07) is 7.02. The second-order valence-corrected chi connectivity index (χ2v) is 4.86. The summed E-state index contributed by atoms with van der Waals surface area (Å²) in [6.45, 7) is 3.85. The zero-order chi connectivity index (χ0) is 13.8. The Hall–Kier alpha value is -1.75.